The van der Waals surface area contributed by atoms with Gasteiger partial charge in [0.1, 0.15) is 5.82 Å². The first-order valence-electron chi connectivity index (χ1n) is 4.41. The zero-order chi connectivity index (χ0) is 9.10. The van der Waals surface area contributed by atoms with Crippen LogP contribution < -0.4 is 10.6 Å². The number of anilines is 2. The maximum atomic E-state index is 5.76. The molecule has 0 amide bonds. The molecule has 1 aromatic heterocycles. The van der Waals surface area contributed by atoms with Gasteiger partial charge in [-0.1, -0.05) is 0 Å². The van der Waals surface area contributed by atoms with Gasteiger partial charge in [-0.15, -0.1) is 0 Å². The zero-order valence-corrected chi connectivity index (χ0v) is 7.44. The van der Waals surface area contributed by atoms with Crippen LogP contribution in [0.2, 0.25) is 0 Å². The van der Waals surface area contributed by atoms with Crippen LogP contribution in [0.4, 0.5) is 11.5 Å². The molecule has 0 aromatic carbocycles. The van der Waals surface area contributed by atoms with E-state index in [9.17, 15) is 0 Å². The summed E-state index contributed by atoms with van der Waals surface area (Å²) in [5.74, 6) is 0.601. The van der Waals surface area contributed by atoms with Crippen LogP contribution >= 0.6 is 0 Å². The second kappa shape index (κ2) is 3.62. The molecule has 4 nitrogen and oxygen atoms in total. The monoisotopic (exact) mass is 179 g/mol. The molecule has 0 bridgehead atoms. The minimum Gasteiger partial charge on any atom is -0.382 e. The summed E-state index contributed by atoms with van der Waals surface area (Å²) in [7, 11) is 0. The highest BCUT2D eigenvalue weighted by Gasteiger charge is 2.13. The van der Waals surface area contributed by atoms with E-state index in [2.05, 4.69) is 9.88 Å². The average Bonchev–Trinajstić information content (AvgIpc) is 2.20. The number of rotatable bonds is 1. The van der Waals surface area contributed by atoms with Gasteiger partial charge in [0, 0.05) is 19.3 Å². The second-order valence-corrected chi connectivity index (χ2v) is 3.01. The lowest BCUT2D eigenvalue weighted by Crippen LogP contribution is -2.36. The number of ether oxygens (including phenoxy) is 1. The Morgan fingerprint density at radius 3 is 2.85 bits per heavy atom. The minimum absolute atomic E-state index is 0.601. The van der Waals surface area contributed by atoms with Gasteiger partial charge in [0.05, 0.1) is 18.9 Å². The smallest absolute Gasteiger partial charge is 0.146 e. The van der Waals surface area contributed by atoms with Crippen molar-refractivity contribution in [3.63, 3.8) is 0 Å². The number of pyridine rings is 1. The molecule has 2 rings (SSSR count). The van der Waals surface area contributed by atoms with Crippen LogP contribution in [0.5, 0.6) is 0 Å². The van der Waals surface area contributed by atoms with Gasteiger partial charge in [-0.25, -0.2) is 4.98 Å². The first-order valence-corrected chi connectivity index (χ1v) is 4.41. The summed E-state index contributed by atoms with van der Waals surface area (Å²) in [5, 5.41) is 0. The van der Waals surface area contributed by atoms with Crippen LogP contribution in [0, 0.1) is 0 Å². The second-order valence-electron chi connectivity index (χ2n) is 3.01. The molecule has 1 saturated heterocycles. The Bertz CT molecular complexity index is 284. The van der Waals surface area contributed by atoms with E-state index in [1.165, 1.54) is 0 Å². The summed E-state index contributed by atoms with van der Waals surface area (Å²) in [6.07, 6.45) is 1.71. The maximum absolute atomic E-state index is 5.76. The molecule has 0 atom stereocenters. The van der Waals surface area contributed by atoms with Crippen molar-refractivity contribution < 1.29 is 4.74 Å². The number of hydrogen-bond acceptors (Lipinski definition) is 4. The first kappa shape index (κ1) is 8.31. The largest absolute Gasteiger partial charge is 0.382 e. The van der Waals surface area contributed by atoms with Gasteiger partial charge >= 0.3 is 0 Å². The molecule has 13 heavy (non-hydrogen) atoms. The summed E-state index contributed by atoms with van der Waals surface area (Å²) >= 11 is 0. The van der Waals surface area contributed by atoms with Crippen molar-refractivity contribution in [1.29, 1.82) is 0 Å². The topological polar surface area (TPSA) is 51.4 Å². The molecule has 0 radical (unpaired) electrons. The Hall–Kier alpha value is -1.29. The summed E-state index contributed by atoms with van der Waals surface area (Å²) in [4.78, 5) is 6.25. The van der Waals surface area contributed by atoms with Crippen LogP contribution in [0.15, 0.2) is 18.3 Å². The molecule has 4 heteroatoms. The van der Waals surface area contributed by atoms with Crippen LogP contribution in [-0.4, -0.2) is 31.3 Å². The quantitative estimate of drug-likeness (QED) is 0.682. The molecule has 0 aliphatic carbocycles. The standard InChI is InChI=1S/C9H13N3O/c10-9-8(2-1-3-11-9)12-4-6-13-7-5-12/h1-3H,4-7H2,(H2,10,11). The van der Waals surface area contributed by atoms with Crippen molar-refractivity contribution in [2.24, 2.45) is 0 Å². The van der Waals surface area contributed by atoms with Crippen molar-refractivity contribution in [1.82, 2.24) is 4.98 Å². The molecule has 1 aliphatic rings. The molecule has 1 aliphatic heterocycles. The fourth-order valence-electron chi connectivity index (χ4n) is 1.48. The summed E-state index contributed by atoms with van der Waals surface area (Å²) in [6.45, 7) is 3.34. The number of nitrogens with zero attached hydrogens (tertiary/aromatic N) is 2. The van der Waals surface area contributed by atoms with Gasteiger partial charge in [-0.2, -0.15) is 0 Å². The normalized spacial score (nSPS) is 17.4. The van der Waals surface area contributed by atoms with E-state index in [0.717, 1.165) is 32.0 Å². The third-order valence-corrected chi connectivity index (χ3v) is 2.17. The molecule has 1 aromatic rings. The maximum Gasteiger partial charge on any atom is 0.146 e. The predicted molar refractivity (Wildman–Crippen MR) is 51.7 cm³/mol. The molecule has 0 unspecified atom stereocenters. The van der Waals surface area contributed by atoms with Gasteiger partial charge < -0.3 is 15.4 Å². The van der Waals surface area contributed by atoms with Gasteiger partial charge in [-0.05, 0) is 12.1 Å². The Morgan fingerprint density at radius 2 is 2.15 bits per heavy atom. The van der Waals surface area contributed by atoms with E-state index in [0.29, 0.717) is 5.82 Å². The Labute approximate surface area is 77.3 Å². The minimum atomic E-state index is 0.601. The van der Waals surface area contributed by atoms with Crippen molar-refractivity contribution in [3.05, 3.63) is 18.3 Å². The van der Waals surface area contributed by atoms with Gasteiger partial charge in [0.2, 0.25) is 0 Å². The Balaban J connectivity index is 2.18. The third kappa shape index (κ3) is 1.72. The number of hydrogen-bond donors (Lipinski definition) is 1. The molecule has 70 valence electrons. The van der Waals surface area contributed by atoms with Gasteiger partial charge in [-0.3, -0.25) is 0 Å². The van der Waals surface area contributed by atoms with Crippen LogP contribution in [0.25, 0.3) is 0 Å². The van der Waals surface area contributed by atoms with Crippen molar-refractivity contribution >= 4 is 11.5 Å². The van der Waals surface area contributed by atoms with E-state index in [1.54, 1.807) is 6.20 Å². The first-order chi connectivity index (χ1) is 6.38. The van der Waals surface area contributed by atoms with E-state index >= 15 is 0 Å². The van der Waals surface area contributed by atoms with E-state index in [1.807, 2.05) is 12.1 Å². The molecular weight excluding hydrogens is 166 g/mol. The van der Waals surface area contributed by atoms with E-state index in [-0.39, 0.29) is 0 Å². The SMILES string of the molecule is Nc1ncccc1N1CCOCC1. The highest BCUT2D eigenvalue weighted by atomic mass is 16.5. The predicted octanol–water partition coefficient (Wildman–Crippen LogP) is 0.500. The molecule has 1 fully saturated rings. The molecule has 0 saturated carbocycles. The van der Waals surface area contributed by atoms with Gasteiger partial charge in [0.25, 0.3) is 0 Å². The third-order valence-electron chi connectivity index (χ3n) is 2.17. The molecule has 0 spiro atoms. The summed E-state index contributed by atoms with van der Waals surface area (Å²) in [6, 6.07) is 3.90. The number of aromatic nitrogens is 1. The highest BCUT2D eigenvalue weighted by molar-refractivity contribution is 5.62. The zero-order valence-electron chi connectivity index (χ0n) is 7.44. The fraction of sp³-hybridized carbons (Fsp3) is 0.444. The van der Waals surface area contributed by atoms with Crippen LogP contribution in [0.1, 0.15) is 0 Å². The number of nitrogen functional groups attached to an aromatic ring is 1. The molecule has 2 heterocycles. The molecular formula is C9H13N3O. The van der Waals surface area contributed by atoms with Crippen molar-refractivity contribution in [2.45, 2.75) is 0 Å². The Morgan fingerprint density at radius 1 is 1.38 bits per heavy atom. The summed E-state index contributed by atoms with van der Waals surface area (Å²) < 4.78 is 5.26. The fourth-order valence-corrected chi connectivity index (χ4v) is 1.48. The number of morpholine rings is 1. The average molecular weight is 179 g/mol. The van der Waals surface area contributed by atoms with Crippen molar-refractivity contribution in [2.75, 3.05) is 36.9 Å². The number of nitrogens with two attached hydrogens (primary N) is 1. The summed E-state index contributed by atoms with van der Waals surface area (Å²) in [5.41, 5.74) is 6.78. The lowest BCUT2D eigenvalue weighted by Gasteiger charge is -2.29. The molecule has 2 N–H and O–H groups in total. The Kier molecular flexibility index (Phi) is 2.31. The van der Waals surface area contributed by atoms with E-state index < -0.39 is 0 Å². The van der Waals surface area contributed by atoms with Crippen LogP contribution in [0.3, 0.4) is 0 Å². The van der Waals surface area contributed by atoms with Crippen molar-refractivity contribution in [3.8, 4) is 0 Å². The lowest BCUT2D eigenvalue weighted by atomic mass is 10.3. The lowest BCUT2D eigenvalue weighted by molar-refractivity contribution is 0.123. The van der Waals surface area contributed by atoms with Crippen LogP contribution in [-0.2, 0) is 4.74 Å². The highest BCUT2D eigenvalue weighted by Crippen LogP contribution is 2.20. The van der Waals surface area contributed by atoms with Gasteiger partial charge in [0.15, 0.2) is 0 Å². The van der Waals surface area contributed by atoms with E-state index in [4.69, 9.17) is 10.5 Å².